The number of fused-ring (bicyclic) bond motifs is 2. The summed E-state index contributed by atoms with van der Waals surface area (Å²) in [4.78, 5) is 25.6. The molecule has 1 saturated carbocycles. The number of nitrogens with one attached hydrogen (secondary N) is 2. The van der Waals surface area contributed by atoms with Crippen LogP contribution in [0.25, 0.3) is 0 Å². The molecule has 1 spiro atoms. The highest BCUT2D eigenvalue weighted by Crippen LogP contribution is 2.51. The first-order chi connectivity index (χ1) is 11.6. The molecule has 3 amide bonds. The van der Waals surface area contributed by atoms with Gasteiger partial charge in [0.2, 0.25) is 5.91 Å². The second kappa shape index (κ2) is 5.76. The monoisotopic (exact) mass is 331 g/mol. The molecule has 2 fully saturated rings. The Labute approximate surface area is 140 Å². The van der Waals surface area contributed by atoms with Gasteiger partial charge in [-0.3, -0.25) is 9.69 Å². The van der Waals surface area contributed by atoms with Crippen molar-refractivity contribution in [2.45, 2.75) is 37.5 Å². The molecule has 1 saturated heterocycles. The fraction of sp³-hybridized carbons (Fsp3) is 0.556. The van der Waals surface area contributed by atoms with Gasteiger partial charge in [-0.2, -0.15) is 0 Å². The summed E-state index contributed by atoms with van der Waals surface area (Å²) in [5.74, 6) is -0.0282. The zero-order chi connectivity index (χ0) is 16.7. The van der Waals surface area contributed by atoms with Crippen molar-refractivity contribution in [3.05, 3.63) is 29.6 Å². The van der Waals surface area contributed by atoms with Crippen LogP contribution in [0.2, 0.25) is 0 Å². The van der Waals surface area contributed by atoms with Gasteiger partial charge in [0.25, 0.3) is 0 Å². The minimum absolute atomic E-state index is 0.0350. The molecular weight excluding hydrogens is 309 g/mol. The van der Waals surface area contributed by atoms with Crippen LogP contribution in [0.15, 0.2) is 18.2 Å². The predicted octanol–water partition coefficient (Wildman–Crippen LogP) is 2.30. The average molecular weight is 331 g/mol. The second-order valence-electron chi connectivity index (χ2n) is 7.27. The van der Waals surface area contributed by atoms with E-state index in [2.05, 4.69) is 10.6 Å². The third-order valence-corrected chi connectivity index (χ3v) is 5.68. The zero-order valence-electron chi connectivity index (χ0n) is 13.6. The molecule has 5 nitrogen and oxygen atoms in total. The summed E-state index contributed by atoms with van der Waals surface area (Å²) in [6, 6.07) is 4.81. The molecule has 2 N–H and O–H groups in total. The van der Waals surface area contributed by atoms with Crippen LogP contribution < -0.4 is 15.5 Å². The third kappa shape index (κ3) is 2.44. The van der Waals surface area contributed by atoms with E-state index in [0.29, 0.717) is 31.7 Å². The molecule has 128 valence electrons. The van der Waals surface area contributed by atoms with Gasteiger partial charge in [-0.05, 0) is 25.0 Å². The quantitative estimate of drug-likeness (QED) is 0.873. The second-order valence-corrected chi connectivity index (χ2v) is 7.27. The molecule has 6 heteroatoms. The highest BCUT2D eigenvalue weighted by atomic mass is 19.1. The van der Waals surface area contributed by atoms with Gasteiger partial charge in [-0.25, -0.2) is 9.18 Å². The number of nitrogens with zero attached hydrogens (tertiary/aromatic N) is 1. The molecule has 0 aromatic heterocycles. The highest BCUT2D eigenvalue weighted by Gasteiger charge is 2.48. The van der Waals surface area contributed by atoms with Crippen LogP contribution in [0.4, 0.5) is 14.9 Å². The molecule has 24 heavy (non-hydrogen) atoms. The molecule has 4 rings (SSSR count). The van der Waals surface area contributed by atoms with Crippen LogP contribution in [-0.2, 0) is 10.2 Å². The fourth-order valence-electron chi connectivity index (χ4n) is 4.51. The molecule has 1 aliphatic carbocycles. The lowest BCUT2D eigenvalue weighted by molar-refractivity contribution is -0.119. The van der Waals surface area contributed by atoms with Crippen molar-refractivity contribution in [1.82, 2.24) is 10.6 Å². The van der Waals surface area contributed by atoms with Crippen molar-refractivity contribution >= 4 is 17.6 Å². The van der Waals surface area contributed by atoms with E-state index in [1.165, 1.54) is 6.07 Å². The lowest BCUT2D eigenvalue weighted by Crippen LogP contribution is -2.43. The van der Waals surface area contributed by atoms with E-state index in [9.17, 15) is 14.0 Å². The Morgan fingerprint density at radius 2 is 2.17 bits per heavy atom. The number of amides is 3. The molecular formula is C18H22FN3O2. The average Bonchev–Trinajstić information content (AvgIpc) is 3.27. The lowest BCUT2D eigenvalue weighted by atomic mass is 9.80. The summed E-state index contributed by atoms with van der Waals surface area (Å²) < 4.78 is 14.5. The van der Waals surface area contributed by atoms with Crippen LogP contribution in [0.1, 0.15) is 37.7 Å². The van der Waals surface area contributed by atoms with Gasteiger partial charge in [-0.15, -0.1) is 0 Å². The van der Waals surface area contributed by atoms with Gasteiger partial charge in [-0.1, -0.05) is 18.9 Å². The molecule has 3 aliphatic rings. The Kier molecular flexibility index (Phi) is 3.70. The number of benzene rings is 1. The minimum Gasteiger partial charge on any atom is -0.356 e. The van der Waals surface area contributed by atoms with Crippen molar-refractivity contribution in [2.75, 3.05) is 24.5 Å². The van der Waals surface area contributed by atoms with E-state index in [-0.39, 0.29) is 29.1 Å². The van der Waals surface area contributed by atoms with Gasteiger partial charge in [0.05, 0.1) is 5.69 Å². The van der Waals surface area contributed by atoms with E-state index in [4.69, 9.17) is 0 Å². The van der Waals surface area contributed by atoms with E-state index in [0.717, 1.165) is 31.2 Å². The van der Waals surface area contributed by atoms with Gasteiger partial charge in [0.15, 0.2) is 0 Å². The number of rotatable bonds is 2. The van der Waals surface area contributed by atoms with Crippen molar-refractivity contribution in [1.29, 1.82) is 0 Å². The largest absolute Gasteiger partial charge is 0.356 e. The van der Waals surface area contributed by atoms with Crippen LogP contribution in [0, 0.1) is 11.7 Å². The van der Waals surface area contributed by atoms with Crippen LogP contribution >= 0.6 is 0 Å². The number of hydrogen-bond acceptors (Lipinski definition) is 2. The fourth-order valence-corrected chi connectivity index (χ4v) is 4.51. The van der Waals surface area contributed by atoms with Crippen molar-refractivity contribution in [3.8, 4) is 0 Å². The summed E-state index contributed by atoms with van der Waals surface area (Å²) >= 11 is 0. The molecule has 2 aliphatic heterocycles. The number of carbonyl (C=O) groups excluding carboxylic acids is 2. The SMILES string of the molecule is O=C1CC(CNC(=O)N2CC3(CCCC3)c3c(F)cccc32)CN1. The number of urea groups is 1. The number of halogens is 1. The molecule has 0 radical (unpaired) electrons. The number of hydrogen-bond donors (Lipinski definition) is 2. The topological polar surface area (TPSA) is 61.4 Å². The standard InChI is InChI=1S/C18H22FN3O2/c19-13-4-3-5-14-16(13)18(6-1-2-7-18)11-22(14)17(24)21-10-12-8-15(23)20-9-12/h3-5,12H,1-2,6-11H2,(H,20,23)(H,21,24). The molecule has 1 aromatic rings. The molecule has 1 aromatic carbocycles. The maximum atomic E-state index is 14.5. The Morgan fingerprint density at radius 1 is 1.38 bits per heavy atom. The summed E-state index contributed by atoms with van der Waals surface area (Å²) in [7, 11) is 0. The van der Waals surface area contributed by atoms with Crippen molar-refractivity contribution in [3.63, 3.8) is 0 Å². The Hall–Kier alpha value is -2.11. The Bertz CT molecular complexity index is 685. The summed E-state index contributed by atoms with van der Waals surface area (Å²) in [6.07, 6.45) is 4.49. The van der Waals surface area contributed by atoms with E-state index in [1.807, 2.05) is 6.07 Å². The van der Waals surface area contributed by atoms with Gasteiger partial charge >= 0.3 is 6.03 Å². The Morgan fingerprint density at radius 3 is 2.88 bits per heavy atom. The maximum Gasteiger partial charge on any atom is 0.321 e. The van der Waals surface area contributed by atoms with E-state index >= 15 is 0 Å². The van der Waals surface area contributed by atoms with Gasteiger partial charge in [0, 0.05) is 43.0 Å². The highest BCUT2D eigenvalue weighted by molar-refractivity contribution is 5.95. The summed E-state index contributed by atoms with van der Waals surface area (Å²) in [5, 5.41) is 5.70. The first kappa shape index (κ1) is 15.4. The first-order valence-electron chi connectivity index (χ1n) is 8.70. The van der Waals surface area contributed by atoms with Crippen LogP contribution in [0.5, 0.6) is 0 Å². The van der Waals surface area contributed by atoms with Gasteiger partial charge < -0.3 is 10.6 Å². The maximum absolute atomic E-state index is 14.5. The van der Waals surface area contributed by atoms with Crippen LogP contribution in [-0.4, -0.2) is 31.6 Å². The minimum atomic E-state index is -0.219. The molecule has 2 heterocycles. The molecule has 1 atom stereocenters. The lowest BCUT2D eigenvalue weighted by Gasteiger charge is -2.25. The predicted molar refractivity (Wildman–Crippen MR) is 88.4 cm³/mol. The van der Waals surface area contributed by atoms with Crippen LogP contribution in [0.3, 0.4) is 0 Å². The molecule has 0 bridgehead atoms. The van der Waals surface area contributed by atoms with Crippen molar-refractivity contribution < 1.29 is 14.0 Å². The summed E-state index contributed by atoms with van der Waals surface area (Å²) in [5.41, 5.74) is 1.20. The van der Waals surface area contributed by atoms with Gasteiger partial charge in [0.1, 0.15) is 5.82 Å². The Balaban J connectivity index is 1.53. The van der Waals surface area contributed by atoms with E-state index in [1.54, 1.807) is 11.0 Å². The number of anilines is 1. The molecule has 1 unspecified atom stereocenters. The zero-order valence-corrected chi connectivity index (χ0v) is 13.6. The summed E-state index contributed by atoms with van der Waals surface area (Å²) in [6.45, 7) is 1.62. The smallest absolute Gasteiger partial charge is 0.321 e. The first-order valence-corrected chi connectivity index (χ1v) is 8.70. The normalized spacial score (nSPS) is 24.3. The van der Waals surface area contributed by atoms with E-state index < -0.39 is 0 Å². The van der Waals surface area contributed by atoms with Crippen molar-refractivity contribution in [2.24, 2.45) is 5.92 Å². The number of carbonyl (C=O) groups is 2. The third-order valence-electron chi connectivity index (χ3n) is 5.68.